The Hall–Kier alpha value is -2.99. The molecule has 0 bridgehead atoms. The molecule has 1 heterocycles. The van der Waals surface area contributed by atoms with Gasteiger partial charge in [-0.3, -0.25) is 4.79 Å². The Morgan fingerprint density at radius 3 is 2.50 bits per heavy atom. The number of methoxy groups -OCH3 is 1. The maximum atomic E-state index is 14.7. The standard InChI is InChI=1S/C22H23FN2O3/c1-13(2)12-25-19(11-24)20(16-6-4-5-7-18(16)23)17-10-14(22(27)28-3)8-9-15(17)21(25)26/h4-10,13H,11-12,24H2,1-3H3. The molecule has 0 amide bonds. The molecule has 0 saturated heterocycles. The fourth-order valence-electron chi connectivity index (χ4n) is 3.48. The second-order valence-electron chi connectivity index (χ2n) is 7.07. The van der Waals surface area contributed by atoms with Crippen LogP contribution in [-0.2, 0) is 17.8 Å². The SMILES string of the molecule is COC(=O)c1ccc2c(=O)n(CC(C)C)c(CN)c(-c3ccccc3F)c2c1. The topological polar surface area (TPSA) is 74.3 Å². The highest BCUT2D eigenvalue weighted by Gasteiger charge is 2.21. The van der Waals surface area contributed by atoms with E-state index >= 15 is 0 Å². The summed E-state index contributed by atoms with van der Waals surface area (Å²) in [5.41, 5.74) is 7.52. The minimum absolute atomic E-state index is 0.0595. The molecule has 28 heavy (non-hydrogen) atoms. The smallest absolute Gasteiger partial charge is 0.337 e. The number of esters is 1. The molecule has 0 saturated carbocycles. The van der Waals surface area contributed by atoms with Crippen LogP contribution in [0.2, 0.25) is 0 Å². The maximum absolute atomic E-state index is 14.7. The average molecular weight is 382 g/mol. The molecule has 0 fully saturated rings. The number of fused-ring (bicyclic) bond motifs is 1. The number of ether oxygens (including phenoxy) is 1. The quantitative estimate of drug-likeness (QED) is 0.683. The van der Waals surface area contributed by atoms with Crippen LogP contribution in [0.5, 0.6) is 0 Å². The van der Waals surface area contributed by atoms with Crippen LogP contribution in [0, 0.1) is 11.7 Å². The number of carbonyl (C=O) groups is 1. The number of nitrogens with zero attached hydrogens (tertiary/aromatic N) is 1. The number of benzene rings is 2. The van der Waals surface area contributed by atoms with Gasteiger partial charge in [0.05, 0.1) is 12.7 Å². The van der Waals surface area contributed by atoms with Crippen LogP contribution >= 0.6 is 0 Å². The Morgan fingerprint density at radius 1 is 1.18 bits per heavy atom. The van der Waals surface area contributed by atoms with Gasteiger partial charge in [-0.15, -0.1) is 0 Å². The molecule has 2 N–H and O–H groups in total. The van der Waals surface area contributed by atoms with Gasteiger partial charge in [0.2, 0.25) is 0 Å². The van der Waals surface area contributed by atoms with Gasteiger partial charge in [0, 0.05) is 35.3 Å². The van der Waals surface area contributed by atoms with E-state index in [2.05, 4.69) is 0 Å². The molecule has 5 nitrogen and oxygen atoms in total. The highest BCUT2D eigenvalue weighted by molar-refractivity contribution is 6.02. The number of carbonyl (C=O) groups excluding carboxylic acids is 1. The van der Waals surface area contributed by atoms with Crippen molar-refractivity contribution in [2.75, 3.05) is 7.11 Å². The van der Waals surface area contributed by atoms with E-state index in [0.717, 1.165) is 0 Å². The third-order valence-corrected chi connectivity index (χ3v) is 4.68. The number of hydrogen-bond acceptors (Lipinski definition) is 4. The summed E-state index contributed by atoms with van der Waals surface area (Å²) in [6.45, 7) is 4.52. The van der Waals surface area contributed by atoms with Crippen molar-refractivity contribution in [2.24, 2.45) is 11.7 Å². The fourth-order valence-corrected chi connectivity index (χ4v) is 3.48. The number of aromatic nitrogens is 1. The molecule has 0 spiro atoms. The molecule has 1 aromatic heterocycles. The van der Waals surface area contributed by atoms with Crippen molar-refractivity contribution in [1.29, 1.82) is 0 Å². The molecule has 0 aliphatic carbocycles. The minimum Gasteiger partial charge on any atom is -0.465 e. The van der Waals surface area contributed by atoms with Gasteiger partial charge < -0.3 is 15.0 Å². The number of hydrogen-bond donors (Lipinski definition) is 1. The summed E-state index contributed by atoms with van der Waals surface area (Å²) in [6.07, 6.45) is 0. The summed E-state index contributed by atoms with van der Waals surface area (Å²) >= 11 is 0. The lowest BCUT2D eigenvalue weighted by Gasteiger charge is -2.21. The molecule has 0 unspecified atom stereocenters. The second kappa shape index (κ2) is 7.94. The van der Waals surface area contributed by atoms with E-state index in [-0.39, 0.29) is 23.6 Å². The van der Waals surface area contributed by atoms with Gasteiger partial charge in [0.1, 0.15) is 5.82 Å². The lowest BCUT2D eigenvalue weighted by Crippen LogP contribution is -2.28. The number of rotatable bonds is 5. The number of halogens is 1. The van der Waals surface area contributed by atoms with Gasteiger partial charge in [-0.2, -0.15) is 0 Å². The van der Waals surface area contributed by atoms with Crippen molar-refractivity contribution < 1.29 is 13.9 Å². The zero-order chi connectivity index (χ0) is 20.4. The van der Waals surface area contributed by atoms with Crippen molar-refractivity contribution in [3.05, 3.63) is 69.9 Å². The van der Waals surface area contributed by atoms with E-state index in [4.69, 9.17) is 10.5 Å². The average Bonchev–Trinajstić information content (AvgIpc) is 2.69. The molecular weight excluding hydrogens is 359 g/mol. The summed E-state index contributed by atoms with van der Waals surface area (Å²) in [6, 6.07) is 11.1. The highest BCUT2D eigenvalue weighted by atomic mass is 19.1. The largest absolute Gasteiger partial charge is 0.465 e. The van der Waals surface area contributed by atoms with Gasteiger partial charge in [-0.25, -0.2) is 9.18 Å². The second-order valence-corrected chi connectivity index (χ2v) is 7.07. The summed E-state index contributed by atoms with van der Waals surface area (Å²) in [5, 5.41) is 0.891. The Kier molecular flexibility index (Phi) is 5.61. The molecule has 0 aliphatic rings. The molecule has 146 valence electrons. The van der Waals surface area contributed by atoms with Gasteiger partial charge >= 0.3 is 5.97 Å². The van der Waals surface area contributed by atoms with E-state index in [1.165, 1.54) is 13.2 Å². The summed E-state index contributed by atoms with van der Waals surface area (Å²) < 4.78 is 21.1. The molecule has 0 radical (unpaired) electrons. The highest BCUT2D eigenvalue weighted by Crippen LogP contribution is 2.33. The fraction of sp³-hybridized carbons (Fsp3) is 0.273. The molecule has 0 aliphatic heterocycles. The van der Waals surface area contributed by atoms with E-state index in [1.54, 1.807) is 41.0 Å². The zero-order valence-corrected chi connectivity index (χ0v) is 16.2. The number of pyridine rings is 1. The molecule has 3 rings (SSSR count). The first-order valence-corrected chi connectivity index (χ1v) is 9.11. The van der Waals surface area contributed by atoms with E-state index in [9.17, 15) is 14.0 Å². The van der Waals surface area contributed by atoms with Crippen LogP contribution in [0.15, 0.2) is 47.3 Å². The Morgan fingerprint density at radius 2 is 1.89 bits per heavy atom. The van der Waals surface area contributed by atoms with Crippen LogP contribution in [0.3, 0.4) is 0 Å². The van der Waals surface area contributed by atoms with Crippen LogP contribution < -0.4 is 11.3 Å². The zero-order valence-electron chi connectivity index (χ0n) is 16.2. The third-order valence-electron chi connectivity index (χ3n) is 4.68. The monoisotopic (exact) mass is 382 g/mol. The molecule has 3 aromatic rings. The molecule has 2 aromatic carbocycles. The van der Waals surface area contributed by atoms with Crippen molar-refractivity contribution in [1.82, 2.24) is 4.57 Å². The van der Waals surface area contributed by atoms with Gasteiger partial charge in [-0.05, 0) is 35.6 Å². The van der Waals surface area contributed by atoms with Crippen molar-refractivity contribution in [3.63, 3.8) is 0 Å². The molecule has 0 atom stereocenters. The normalized spacial score (nSPS) is 11.2. The van der Waals surface area contributed by atoms with E-state index < -0.39 is 11.8 Å². The Labute approximate surface area is 162 Å². The lowest BCUT2D eigenvalue weighted by molar-refractivity contribution is 0.0601. The third kappa shape index (κ3) is 3.43. The van der Waals surface area contributed by atoms with Crippen molar-refractivity contribution >= 4 is 16.7 Å². The first kappa shape index (κ1) is 19.8. The van der Waals surface area contributed by atoms with Crippen LogP contribution in [-0.4, -0.2) is 17.6 Å². The first-order valence-electron chi connectivity index (χ1n) is 9.11. The summed E-state index contributed by atoms with van der Waals surface area (Å²) in [4.78, 5) is 25.2. The van der Waals surface area contributed by atoms with Crippen molar-refractivity contribution in [2.45, 2.75) is 26.9 Å². The van der Waals surface area contributed by atoms with Gasteiger partial charge in [0.25, 0.3) is 5.56 Å². The lowest BCUT2D eigenvalue weighted by atomic mass is 9.94. The minimum atomic E-state index is -0.526. The van der Waals surface area contributed by atoms with Crippen molar-refractivity contribution in [3.8, 4) is 11.1 Å². The van der Waals surface area contributed by atoms with Gasteiger partial charge in [-0.1, -0.05) is 32.0 Å². The Bertz CT molecular complexity index is 1100. The van der Waals surface area contributed by atoms with Crippen LogP contribution in [0.1, 0.15) is 29.9 Å². The molecule has 6 heteroatoms. The molecular formula is C22H23FN2O3. The van der Waals surface area contributed by atoms with Gasteiger partial charge in [0.15, 0.2) is 0 Å². The number of nitrogens with two attached hydrogens (primary N) is 1. The van der Waals surface area contributed by atoms with Crippen LogP contribution in [0.4, 0.5) is 4.39 Å². The predicted octanol–water partition coefficient (Wildman–Crippen LogP) is 3.71. The summed E-state index contributed by atoms with van der Waals surface area (Å²) in [7, 11) is 1.29. The summed E-state index contributed by atoms with van der Waals surface area (Å²) in [5.74, 6) is -0.748. The maximum Gasteiger partial charge on any atom is 0.337 e. The first-order chi connectivity index (χ1) is 13.4. The van der Waals surface area contributed by atoms with Crippen LogP contribution in [0.25, 0.3) is 21.9 Å². The van der Waals surface area contributed by atoms with E-state index in [1.807, 2.05) is 13.8 Å². The van der Waals surface area contributed by atoms with E-state index in [0.29, 0.717) is 34.1 Å². The predicted molar refractivity (Wildman–Crippen MR) is 108 cm³/mol. The Balaban J connectivity index is 2.50.